The predicted molar refractivity (Wildman–Crippen MR) is 76.2 cm³/mol. The van der Waals surface area contributed by atoms with Crippen molar-refractivity contribution in [1.82, 2.24) is 9.80 Å². The molecular formula is C15H18N2O4. The van der Waals surface area contributed by atoms with Crippen LogP contribution in [0.2, 0.25) is 0 Å². The number of rotatable bonds is 3. The Kier molecular flexibility index (Phi) is 4.26. The van der Waals surface area contributed by atoms with Gasteiger partial charge in [-0.3, -0.25) is 9.59 Å². The van der Waals surface area contributed by atoms with E-state index >= 15 is 0 Å². The van der Waals surface area contributed by atoms with Crippen molar-refractivity contribution in [1.29, 1.82) is 0 Å². The molecule has 0 unspecified atom stereocenters. The fourth-order valence-electron chi connectivity index (χ4n) is 2.45. The van der Waals surface area contributed by atoms with E-state index in [0.29, 0.717) is 30.5 Å². The standard InChI is InChI=1S/C15H18N2O4/c1-16(2)13(18)10-5-7-11(8-6-10)14(19)17-9-3-4-12(17)15(20)21/h5-8,12H,3-4,9H2,1-2H3,(H,20,21)/t12-/m0/s1. The van der Waals surface area contributed by atoms with Gasteiger partial charge in [-0.05, 0) is 37.1 Å². The SMILES string of the molecule is CN(C)C(=O)c1ccc(C(=O)N2CCC[C@H]2C(=O)O)cc1. The first-order valence-corrected chi connectivity index (χ1v) is 6.77. The van der Waals surface area contributed by atoms with E-state index in [1.165, 1.54) is 9.80 Å². The lowest BCUT2D eigenvalue weighted by molar-refractivity contribution is -0.141. The van der Waals surface area contributed by atoms with Gasteiger partial charge in [0.15, 0.2) is 0 Å². The lowest BCUT2D eigenvalue weighted by Crippen LogP contribution is -2.40. The van der Waals surface area contributed by atoms with Crippen LogP contribution in [0.15, 0.2) is 24.3 Å². The molecule has 1 N–H and O–H groups in total. The van der Waals surface area contributed by atoms with Crippen molar-refractivity contribution >= 4 is 17.8 Å². The zero-order chi connectivity index (χ0) is 15.6. The second kappa shape index (κ2) is 5.95. The topological polar surface area (TPSA) is 77.9 Å². The Morgan fingerprint density at radius 2 is 1.71 bits per heavy atom. The molecule has 1 aliphatic rings. The molecule has 0 radical (unpaired) electrons. The molecule has 1 fully saturated rings. The maximum atomic E-state index is 12.3. The van der Waals surface area contributed by atoms with Crippen LogP contribution in [0.3, 0.4) is 0 Å². The summed E-state index contributed by atoms with van der Waals surface area (Å²) in [4.78, 5) is 38.1. The van der Waals surface area contributed by atoms with Crippen molar-refractivity contribution in [3.8, 4) is 0 Å². The van der Waals surface area contributed by atoms with Gasteiger partial charge in [-0.25, -0.2) is 4.79 Å². The number of hydrogen-bond donors (Lipinski definition) is 1. The molecule has 1 aliphatic heterocycles. The number of amides is 2. The minimum atomic E-state index is -0.972. The third-order valence-electron chi connectivity index (χ3n) is 3.58. The van der Waals surface area contributed by atoms with Crippen LogP contribution in [-0.2, 0) is 4.79 Å². The summed E-state index contributed by atoms with van der Waals surface area (Å²) in [6, 6.07) is 5.55. The van der Waals surface area contributed by atoms with Crippen LogP contribution in [0.1, 0.15) is 33.6 Å². The second-order valence-corrected chi connectivity index (χ2v) is 5.27. The van der Waals surface area contributed by atoms with E-state index < -0.39 is 12.0 Å². The lowest BCUT2D eigenvalue weighted by atomic mass is 10.1. The van der Waals surface area contributed by atoms with Gasteiger partial charge in [-0.2, -0.15) is 0 Å². The van der Waals surface area contributed by atoms with Gasteiger partial charge in [-0.15, -0.1) is 0 Å². The van der Waals surface area contributed by atoms with Crippen molar-refractivity contribution < 1.29 is 19.5 Å². The van der Waals surface area contributed by atoms with Crippen LogP contribution in [-0.4, -0.2) is 59.4 Å². The van der Waals surface area contributed by atoms with E-state index in [2.05, 4.69) is 0 Å². The molecule has 1 saturated heterocycles. The van der Waals surface area contributed by atoms with Gasteiger partial charge in [0.2, 0.25) is 0 Å². The molecule has 0 spiro atoms. The van der Waals surface area contributed by atoms with Gasteiger partial charge in [0, 0.05) is 31.8 Å². The quantitative estimate of drug-likeness (QED) is 0.903. The molecule has 1 atom stereocenters. The summed E-state index contributed by atoms with van der Waals surface area (Å²) < 4.78 is 0. The molecule has 0 aromatic heterocycles. The Balaban J connectivity index is 2.17. The molecule has 6 heteroatoms. The van der Waals surface area contributed by atoms with Crippen molar-refractivity contribution in [2.24, 2.45) is 0 Å². The number of carboxylic acid groups (broad SMARTS) is 1. The van der Waals surface area contributed by atoms with E-state index in [1.807, 2.05) is 0 Å². The van der Waals surface area contributed by atoms with E-state index in [1.54, 1.807) is 38.4 Å². The highest BCUT2D eigenvalue weighted by molar-refractivity contribution is 5.99. The molecule has 2 rings (SSSR count). The number of hydrogen-bond acceptors (Lipinski definition) is 3. The Bertz CT molecular complexity index is 566. The number of likely N-dealkylation sites (tertiary alicyclic amines) is 1. The highest BCUT2D eigenvalue weighted by atomic mass is 16.4. The Hall–Kier alpha value is -2.37. The summed E-state index contributed by atoms with van der Waals surface area (Å²) in [7, 11) is 3.31. The molecule has 0 saturated carbocycles. The average Bonchev–Trinajstić information content (AvgIpc) is 2.95. The van der Waals surface area contributed by atoms with E-state index in [9.17, 15) is 14.4 Å². The third-order valence-corrected chi connectivity index (χ3v) is 3.58. The Labute approximate surface area is 123 Å². The maximum Gasteiger partial charge on any atom is 0.326 e. The smallest absolute Gasteiger partial charge is 0.326 e. The number of nitrogens with zero attached hydrogens (tertiary/aromatic N) is 2. The summed E-state index contributed by atoms with van der Waals surface area (Å²) in [6.07, 6.45) is 1.18. The first kappa shape index (κ1) is 15.0. The van der Waals surface area contributed by atoms with E-state index in [-0.39, 0.29) is 11.8 Å². The van der Waals surface area contributed by atoms with Gasteiger partial charge < -0.3 is 14.9 Å². The molecule has 21 heavy (non-hydrogen) atoms. The second-order valence-electron chi connectivity index (χ2n) is 5.27. The maximum absolute atomic E-state index is 12.3. The van der Waals surface area contributed by atoms with Gasteiger partial charge in [0.05, 0.1) is 0 Å². The number of aliphatic carboxylic acids is 1. The minimum absolute atomic E-state index is 0.140. The van der Waals surface area contributed by atoms with Crippen LogP contribution in [0.5, 0.6) is 0 Å². The third kappa shape index (κ3) is 3.04. The van der Waals surface area contributed by atoms with Gasteiger partial charge in [-0.1, -0.05) is 0 Å². The van der Waals surface area contributed by atoms with E-state index in [0.717, 1.165) is 0 Å². The van der Waals surface area contributed by atoms with Crippen LogP contribution < -0.4 is 0 Å². The van der Waals surface area contributed by atoms with Crippen molar-refractivity contribution in [3.63, 3.8) is 0 Å². The zero-order valence-electron chi connectivity index (χ0n) is 12.1. The fraction of sp³-hybridized carbons (Fsp3) is 0.400. The average molecular weight is 290 g/mol. The normalized spacial score (nSPS) is 17.6. The first-order valence-electron chi connectivity index (χ1n) is 6.77. The Morgan fingerprint density at radius 1 is 1.14 bits per heavy atom. The van der Waals surface area contributed by atoms with E-state index in [4.69, 9.17) is 5.11 Å². The number of carboxylic acids is 1. The molecule has 0 bridgehead atoms. The van der Waals surface area contributed by atoms with Gasteiger partial charge >= 0.3 is 5.97 Å². The molecule has 112 valence electrons. The fourth-order valence-corrected chi connectivity index (χ4v) is 2.45. The summed E-state index contributed by atoms with van der Waals surface area (Å²) in [6.45, 7) is 0.453. The van der Waals surface area contributed by atoms with Crippen molar-refractivity contribution in [2.75, 3.05) is 20.6 Å². The number of benzene rings is 1. The molecular weight excluding hydrogens is 272 g/mol. The van der Waals surface area contributed by atoms with Crippen LogP contribution >= 0.6 is 0 Å². The first-order chi connectivity index (χ1) is 9.91. The highest BCUT2D eigenvalue weighted by Gasteiger charge is 2.34. The van der Waals surface area contributed by atoms with Crippen LogP contribution in [0, 0.1) is 0 Å². The lowest BCUT2D eigenvalue weighted by Gasteiger charge is -2.21. The van der Waals surface area contributed by atoms with Crippen LogP contribution in [0.4, 0.5) is 0 Å². The summed E-state index contributed by atoms with van der Waals surface area (Å²) in [5.74, 6) is -1.41. The predicted octanol–water partition coefficient (Wildman–Crippen LogP) is 1.08. The monoisotopic (exact) mass is 290 g/mol. The summed E-state index contributed by atoms with van der Waals surface area (Å²) >= 11 is 0. The molecule has 1 aromatic carbocycles. The molecule has 6 nitrogen and oxygen atoms in total. The molecule has 0 aliphatic carbocycles. The summed E-state index contributed by atoms with van der Waals surface area (Å²) in [5.41, 5.74) is 0.895. The minimum Gasteiger partial charge on any atom is -0.480 e. The number of carbonyl (C=O) groups excluding carboxylic acids is 2. The highest BCUT2D eigenvalue weighted by Crippen LogP contribution is 2.20. The largest absolute Gasteiger partial charge is 0.480 e. The zero-order valence-corrected chi connectivity index (χ0v) is 12.1. The Morgan fingerprint density at radius 3 is 2.24 bits per heavy atom. The van der Waals surface area contributed by atoms with Gasteiger partial charge in [0.25, 0.3) is 11.8 Å². The molecule has 1 aromatic rings. The molecule has 1 heterocycles. The van der Waals surface area contributed by atoms with Crippen molar-refractivity contribution in [2.45, 2.75) is 18.9 Å². The summed E-state index contributed by atoms with van der Waals surface area (Å²) in [5, 5.41) is 9.11. The van der Waals surface area contributed by atoms with Gasteiger partial charge in [0.1, 0.15) is 6.04 Å². The van der Waals surface area contributed by atoms with Crippen molar-refractivity contribution in [3.05, 3.63) is 35.4 Å². The van der Waals surface area contributed by atoms with Crippen LogP contribution in [0.25, 0.3) is 0 Å². The molecule has 2 amide bonds. The number of carbonyl (C=O) groups is 3.